The Kier molecular flexibility index (Phi) is 8.34. The summed E-state index contributed by atoms with van der Waals surface area (Å²) in [7, 11) is 0. The summed E-state index contributed by atoms with van der Waals surface area (Å²) in [5.41, 5.74) is 5.69. The fourth-order valence-corrected chi connectivity index (χ4v) is 7.10. The largest absolute Gasteiger partial charge is 0.514 e. The summed E-state index contributed by atoms with van der Waals surface area (Å²) < 4.78 is 5.58. The van der Waals surface area contributed by atoms with Crippen LogP contribution in [0.15, 0.2) is 47.6 Å². The number of piperazine rings is 1. The molecule has 4 aliphatic rings. The van der Waals surface area contributed by atoms with Crippen LogP contribution >= 0.6 is 0 Å². The molecule has 0 bridgehead atoms. The highest BCUT2D eigenvalue weighted by molar-refractivity contribution is 5.77. The maximum absolute atomic E-state index is 13.4. The van der Waals surface area contributed by atoms with E-state index in [2.05, 4.69) is 55.2 Å². The minimum absolute atomic E-state index is 0.0445. The zero-order valence-electron chi connectivity index (χ0n) is 24.7. The third-order valence-corrected chi connectivity index (χ3v) is 9.14. The number of nitrogens with one attached hydrogen (secondary N) is 1. The van der Waals surface area contributed by atoms with Crippen molar-refractivity contribution in [1.82, 2.24) is 9.80 Å². The van der Waals surface area contributed by atoms with Crippen molar-refractivity contribution in [3.8, 4) is 0 Å². The molecule has 2 heterocycles. The number of benzene rings is 1. The van der Waals surface area contributed by atoms with Gasteiger partial charge in [0.25, 0.3) is 0 Å². The number of fused-ring (bicyclic) bond motifs is 1. The van der Waals surface area contributed by atoms with E-state index in [0.717, 1.165) is 50.1 Å². The monoisotopic (exact) mass is 534 g/mol. The third kappa shape index (κ3) is 6.49. The van der Waals surface area contributed by atoms with Gasteiger partial charge < -0.3 is 9.64 Å². The molecule has 0 saturated carbocycles. The SMILES string of the molecule is CC1C=CC2=C(C1)C(N1CCC(CC(=O)N3CC[NH+](C(=O)OC(C)(C)C)CC3C)CC1)c1ccccc1CC2. The van der Waals surface area contributed by atoms with Gasteiger partial charge in [-0.25, -0.2) is 4.90 Å². The van der Waals surface area contributed by atoms with Crippen LogP contribution < -0.4 is 4.90 Å². The molecule has 2 aliphatic heterocycles. The second-order valence-electron chi connectivity index (χ2n) is 13.4. The number of likely N-dealkylation sites (tertiary alicyclic amines) is 1. The van der Waals surface area contributed by atoms with Gasteiger partial charge in [0.1, 0.15) is 18.7 Å². The van der Waals surface area contributed by atoms with Crippen LogP contribution in [-0.4, -0.2) is 66.2 Å². The van der Waals surface area contributed by atoms with Crippen LogP contribution in [0.4, 0.5) is 4.79 Å². The number of ether oxygens (including phenoxy) is 1. The Morgan fingerprint density at radius 1 is 1.05 bits per heavy atom. The molecular weight excluding hydrogens is 486 g/mol. The van der Waals surface area contributed by atoms with Gasteiger partial charge in [0.2, 0.25) is 5.91 Å². The molecule has 4 atom stereocenters. The van der Waals surface area contributed by atoms with Crippen LogP contribution in [0, 0.1) is 11.8 Å². The number of quaternary nitrogens is 1. The van der Waals surface area contributed by atoms with Gasteiger partial charge in [0, 0.05) is 6.42 Å². The van der Waals surface area contributed by atoms with Crippen LogP contribution in [0.3, 0.4) is 0 Å². The molecular formula is C33H48N3O3+. The molecule has 6 heteroatoms. The fourth-order valence-electron chi connectivity index (χ4n) is 7.10. The lowest BCUT2D eigenvalue weighted by atomic mass is 9.82. The summed E-state index contributed by atoms with van der Waals surface area (Å²) in [5.74, 6) is 1.27. The van der Waals surface area contributed by atoms with E-state index in [-0.39, 0.29) is 18.0 Å². The summed E-state index contributed by atoms with van der Waals surface area (Å²) in [4.78, 5) is 31.4. The first-order valence-electron chi connectivity index (χ1n) is 15.2. The molecule has 0 spiro atoms. The summed E-state index contributed by atoms with van der Waals surface area (Å²) in [6.45, 7) is 14.0. The predicted molar refractivity (Wildman–Crippen MR) is 154 cm³/mol. The minimum atomic E-state index is -0.488. The maximum Gasteiger partial charge on any atom is 0.514 e. The average Bonchev–Trinajstić information content (AvgIpc) is 3.04. The number of allylic oxidation sites excluding steroid dienone is 3. The lowest BCUT2D eigenvalue weighted by Crippen LogP contribution is -3.18. The van der Waals surface area contributed by atoms with Crippen molar-refractivity contribution in [2.24, 2.45) is 11.8 Å². The van der Waals surface area contributed by atoms with Crippen molar-refractivity contribution >= 4 is 12.0 Å². The van der Waals surface area contributed by atoms with Crippen molar-refractivity contribution < 1.29 is 19.2 Å². The molecule has 2 aliphatic carbocycles. The van der Waals surface area contributed by atoms with Crippen LogP contribution in [0.25, 0.3) is 0 Å². The summed E-state index contributed by atoms with van der Waals surface area (Å²) in [5, 5.41) is 0. The second-order valence-corrected chi connectivity index (χ2v) is 13.4. The van der Waals surface area contributed by atoms with E-state index in [4.69, 9.17) is 4.74 Å². The first-order valence-corrected chi connectivity index (χ1v) is 15.2. The number of piperidine rings is 1. The highest BCUT2D eigenvalue weighted by atomic mass is 16.6. The quantitative estimate of drug-likeness (QED) is 0.610. The summed E-state index contributed by atoms with van der Waals surface area (Å²) in [6, 6.07) is 9.48. The molecule has 1 aromatic rings. The van der Waals surface area contributed by atoms with Gasteiger partial charge in [-0.1, -0.05) is 43.3 Å². The molecule has 1 N–H and O–H groups in total. The summed E-state index contributed by atoms with van der Waals surface area (Å²) in [6.07, 6.45) is 10.8. The van der Waals surface area contributed by atoms with Crippen molar-refractivity contribution in [2.45, 2.75) is 90.8 Å². The molecule has 212 valence electrons. The Labute approximate surface area is 235 Å². The topological polar surface area (TPSA) is 54.3 Å². The number of rotatable bonds is 3. The standard InChI is InChI=1S/C33H47N3O3/c1-23-10-11-27-13-12-26-8-6-7-9-28(26)31(29(27)20-23)34-16-14-25(15-17-34)21-30(37)36-19-18-35(22-24(36)2)32(38)39-33(3,4)5/h6-11,23-25,31H,12-22H2,1-5H3/p+1. The van der Waals surface area contributed by atoms with E-state index >= 15 is 0 Å². The predicted octanol–water partition coefficient (Wildman–Crippen LogP) is 4.72. The van der Waals surface area contributed by atoms with Crippen LogP contribution in [0.2, 0.25) is 0 Å². The van der Waals surface area contributed by atoms with Crippen LogP contribution in [0.5, 0.6) is 0 Å². The van der Waals surface area contributed by atoms with Gasteiger partial charge in [-0.15, -0.1) is 0 Å². The minimum Gasteiger partial charge on any atom is -0.414 e. The van der Waals surface area contributed by atoms with E-state index in [1.165, 1.54) is 11.1 Å². The highest BCUT2D eigenvalue weighted by Crippen LogP contribution is 2.44. The number of alkyl carbamates (subject to hydrolysis) is 2. The van der Waals surface area contributed by atoms with E-state index in [1.807, 2.05) is 25.7 Å². The molecule has 0 radical (unpaired) electrons. The van der Waals surface area contributed by atoms with Crippen molar-refractivity contribution in [3.05, 3.63) is 58.7 Å². The third-order valence-electron chi connectivity index (χ3n) is 9.14. The molecule has 0 aromatic heterocycles. The van der Waals surface area contributed by atoms with Crippen molar-refractivity contribution in [2.75, 3.05) is 32.7 Å². The number of carbonyl (C=O) groups is 2. The Hall–Kier alpha value is -2.44. The Bertz CT molecular complexity index is 1130. The molecule has 39 heavy (non-hydrogen) atoms. The zero-order chi connectivity index (χ0) is 27.7. The molecule has 6 nitrogen and oxygen atoms in total. The van der Waals surface area contributed by atoms with Crippen LogP contribution in [-0.2, 0) is 16.0 Å². The molecule has 2 fully saturated rings. The molecule has 4 unspecified atom stereocenters. The van der Waals surface area contributed by atoms with E-state index in [0.29, 0.717) is 43.9 Å². The second kappa shape index (κ2) is 11.6. The Morgan fingerprint density at radius 3 is 2.51 bits per heavy atom. The number of hydrogen-bond acceptors (Lipinski definition) is 4. The lowest BCUT2D eigenvalue weighted by Gasteiger charge is -2.41. The van der Waals surface area contributed by atoms with Crippen molar-refractivity contribution in [1.29, 1.82) is 0 Å². The zero-order valence-corrected chi connectivity index (χ0v) is 24.7. The first kappa shape index (κ1) is 28.1. The molecule has 2 amide bonds. The van der Waals surface area contributed by atoms with E-state index < -0.39 is 5.60 Å². The normalized spacial score (nSPS) is 28.5. The van der Waals surface area contributed by atoms with E-state index in [1.54, 1.807) is 11.1 Å². The Morgan fingerprint density at radius 2 is 1.79 bits per heavy atom. The smallest absolute Gasteiger partial charge is 0.414 e. The average molecular weight is 535 g/mol. The highest BCUT2D eigenvalue weighted by Gasteiger charge is 2.38. The maximum atomic E-state index is 13.4. The van der Waals surface area contributed by atoms with Crippen molar-refractivity contribution in [3.63, 3.8) is 0 Å². The van der Waals surface area contributed by atoms with Gasteiger partial charge in [0.15, 0.2) is 0 Å². The number of amides is 2. The number of aryl methyl sites for hydroxylation is 1. The molecule has 5 rings (SSSR count). The van der Waals surface area contributed by atoms with Gasteiger partial charge in [-0.05, 0) is 107 Å². The fraction of sp³-hybridized carbons (Fsp3) is 0.636. The van der Waals surface area contributed by atoms with Gasteiger partial charge >= 0.3 is 6.09 Å². The molecule has 2 saturated heterocycles. The van der Waals surface area contributed by atoms with Crippen LogP contribution in [0.1, 0.15) is 83.9 Å². The number of carbonyl (C=O) groups excluding carboxylic acids is 2. The summed E-state index contributed by atoms with van der Waals surface area (Å²) >= 11 is 0. The molecule has 1 aromatic carbocycles. The first-order chi connectivity index (χ1) is 18.6. The number of nitrogens with zero attached hydrogens (tertiary/aromatic N) is 2. The van der Waals surface area contributed by atoms with E-state index in [9.17, 15) is 9.59 Å². The van der Waals surface area contributed by atoms with Gasteiger partial charge in [0.05, 0.1) is 18.6 Å². The van der Waals surface area contributed by atoms with Gasteiger partial charge in [-0.2, -0.15) is 4.79 Å². The Balaban J connectivity index is 1.19. The lowest BCUT2D eigenvalue weighted by molar-refractivity contribution is -0.833. The number of hydrogen-bond donors (Lipinski definition) is 1. The van der Waals surface area contributed by atoms with Gasteiger partial charge in [-0.3, -0.25) is 9.69 Å².